The van der Waals surface area contributed by atoms with Crippen molar-refractivity contribution in [2.75, 3.05) is 53.1 Å². The normalized spacial score (nSPS) is 20.5. The number of nitrogens with one attached hydrogen (secondary N) is 1. The van der Waals surface area contributed by atoms with E-state index in [-0.39, 0.29) is 23.9 Å². The predicted molar refractivity (Wildman–Crippen MR) is 123 cm³/mol. The lowest BCUT2D eigenvalue weighted by Gasteiger charge is -2.40. The highest BCUT2D eigenvalue weighted by molar-refractivity contribution is 7.16. The van der Waals surface area contributed by atoms with Crippen LogP contribution in [0.25, 0.3) is 0 Å². The summed E-state index contributed by atoms with van der Waals surface area (Å²) in [5.74, 6) is -0.562. The first-order valence-electron chi connectivity index (χ1n) is 10.7. The highest BCUT2D eigenvalue weighted by Crippen LogP contribution is 2.40. The first kappa shape index (κ1) is 23.3. The fourth-order valence-corrected chi connectivity index (χ4v) is 5.50. The third kappa shape index (κ3) is 4.92. The molecule has 0 saturated heterocycles. The maximum atomic E-state index is 13.2. The molecule has 0 spiro atoms. The number of thiophene rings is 1. The van der Waals surface area contributed by atoms with Gasteiger partial charge in [0.15, 0.2) is 0 Å². The average molecular weight is 445 g/mol. The summed E-state index contributed by atoms with van der Waals surface area (Å²) in [4.78, 5) is 32.6. The first-order valence-corrected chi connectivity index (χ1v) is 11.5. The number of carbonyl (C=O) groups is 2. The van der Waals surface area contributed by atoms with Gasteiger partial charge in [-0.15, -0.1) is 11.3 Å². The van der Waals surface area contributed by atoms with Gasteiger partial charge >= 0.3 is 6.03 Å². The molecule has 0 unspecified atom stereocenters. The van der Waals surface area contributed by atoms with Crippen molar-refractivity contribution < 1.29 is 9.59 Å². The Morgan fingerprint density at radius 1 is 1.42 bits per heavy atom. The van der Waals surface area contributed by atoms with Crippen molar-refractivity contribution in [1.29, 1.82) is 5.26 Å². The monoisotopic (exact) mass is 444 g/mol. The number of likely N-dealkylation sites (N-methyl/N-ethyl adjacent to an activating group) is 1. The molecule has 1 aliphatic carbocycles. The molecule has 31 heavy (non-hydrogen) atoms. The number of nitrogens with zero attached hydrogens (tertiary/aromatic N) is 4. The standard InChI is InChI=1S/C22H32N6O2S/c1-5-28(22(30)25-7-6-8-26(2)3)21(29)15-9-14-10-16-17(12-23)20(24)31-19(16)11-18(14)27(4)13-15/h9,15,18H,5-8,10-11,13,24H2,1-4H3,(H,25,30)/t15-,18-/m1/s1. The molecule has 2 atom stereocenters. The summed E-state index contributed by atoms with van der Waals surface area (Å²) in [6.07, 6.45) is 4.29. The molecule has 168 valence electrons. The lowest BCUT2D eigenvalue weighted by atomic mass is 9.81. The quantitative estimate of drug-likeness (QED) is 0.511. The molecule has 2 aliphatic rings. The lowest BCUT2D eigenvalue weighted by Crippen LogP contribution is -2.51. The first-order chi connectivity index (χ1) is 14.8. The molecule has 0 fully saturated rings. The maximum Gasteiger partial charge on any atom is 0.324 e. The zero-order valence-electron chi connectivity index (χ0n) is 18.8. The van der Waals surface area contributed by atoms with Crippen molar-refractivity contribution in [2.45, 2.75) is 32.2 Å². The molecule has 3 rings (SSSR count). The minimum absolute atomic E-state index is 0.179. The van der Waals surface area contributed by atoms with Gasteiger partial charge in [0.2, 0.25) is 5.91 Å². The molecule has 2 heterocycles. The van der Waals surface area contributed by atoms with Crippen LogP contribution in [0, 0.1) is 17.2 Å². The van der Waals surface area contributed by atoms with E-state index in [1.54, 1.807) is 0 Å². The van der Waals surface area contributed by atoms with Gasteiger partial charge in [-0.1, -0.05) is 11.6 Å². The molecule has 8 nitrogen and oxygen atoms in total. The van der Waals surface area contributed by atoms with Gasteiger partial charge in [-0.05, 0) is 53.0 Å². The molecule has 1 aromatic rings. The van der Waals surface area contributed by atoms with Gasteiger partial charge in [0.05, 0.1) is 11.5 Å². The fraction of sp³-hybridized carbons (Fsp3) is 0.591. The number of amides is 3. The molecule has 0 bridgehead atoms. The van der Waals surface area contributed by atoms with E-state index in [1.807, 2.05) is 34.1 Å². The van der Waals surface area contributed by atoms with Gasteiger partial charge in [-0.2, -0.15) is 5.26 Å². The predicted octanol–water partition coefficient (Wildman–Crippen LogP) is 1.67. The SMILES string of the molecule is CCN(C(=O)NCCCN(C)C)C(=O)[C@@H]1C=C2Cc3c(sc(N)c3C#N)C[C@H]2N(C)C1. The Balaban J connectivity index is 1.73. The lowest BCUT2D eigenvalue weighted by molar-refractivity contribution is -0.131. The Kier molecular flexibility index (Phi) is 7.36. The molecule has 1 aromatic heterocycles. The Morgan fingerprint density at radius 3 is 2.81 bits per heavy atom. The number of rotatable bonds is 6. The van der Waals surface area contributed by atoms with Crippen LogP contribution in [0.1, 0.15) is 29.3 Å². The van der Waals surface area contributed by atoms with E-state index >= 15 is 0 Å². The van der Waals surface area contributed by atoms with Gasteiger partial charge in [-0.3, -0.25) is 14.6 Å². The van der Waals surface area contributed by atoms with Gasteiger partial charge in [0, 0.05) is 37.0 Å². The van der Waals surface area contributed by atoms with Gasteiger partial charge in [0.1, 0.15) is 11.1 Å². The second-order valence-corrected chi connectivity index (χ2v) is 9.65. The van der Waals surface area contributed by atoms with E-state index in [9.17, 15) is 14.9 Å². The van der Waals surface area contributed by atoms with Crippen LogP contribution in [-0.2, 0) is 17.6 Å². The smallest absolute Gasteiger partial charge is 0.324 e. The number of nitrogens with two attached hydrogens (primary N) is 1. The number of fused-ring (bicyclic) bond motifs is 2. The van der Waals surface area contributed by atoms with E-state index in [2.05, 4.69) is 21.2 Å². The number of urea groups is 1. The van der Waals surface area contributed by atoms with Crippen LogP contribution in [-0.4, -0.2) is 80.0 Å². The Labute approximate surface area is 188 Å². The van der Waals surface area contributed by atoms with Crippen LogP contribution >= 0.6 is 11.3 Å². The fourth-order valence-electron chi connectivity index (χ4n) is 4.43. The summed E-state index contributed by atoms with van der Waals surface area (Å²) in [7, 11) is 5.99. The van der Waals surface area contributed by atoms with Crippen molar-refractivity contribution in [3.8, 4) is 6.07 Å². The second kappa shape index (κ2) is 9.81. The number of hydrogen-bond acceptors (Lipinski definition) is 7. The third-order valence-electron chi connectivity index (χ3n) is 6.05. The van der Waals surface area contributed by atoms with Crippen LogP contribution in [0.2, 0.25) is 0 Å². The van der Waals surface area contributed by atoms with E-state index in [1.165, 1.54) is 21.1 Å². The van der Waals surface area contributed by atoms with Gasteiger partial charge in [-0.25, -0.2) is 4.79 Å². The molecule has 3 amide bonds. The maximum absolute atomic E-state index is 13.2. The summed E-state index contributed by atoms with van der Waals surface area (Å²) in [6.45, 7) is 4.13. The van der Waals surface area contributed by atoms with Crippen molar-refractivity contribution >= 4 is 28.3 Å². The summed E-state index contributed by atoms with van der Waals surface area (Å²) >= 11 is 1.50. The van der Waals surface area contributed by atoms with E-state index < -0.39 is 0 Å². The van der Waals surface area contributed by atoms with Crippen LogP contribution < -0.4 is 11.1 Å². The number of carbonyl (C=O) groups excluding carboxylic acids is 2. The zero-order chi connectivity index (χ0) is 22.7. The van der Waals surface area contributed by atoms with Gasteiger partial charge in [0.25, 0.3) is 0 Å². The minimum Gasteiger partial charge on any atom is -0.389 e. The second-order valence-electron chi connectivity index (χ2n) is 8.51. The van der Waals surface area contributed by atoms with Crippen molar-refractivity contribution in [2.24, 2.45) is 5.92 Å². The largest absolute Gasteiger partial charge is 0.389 e. The summed E-state index contributed by atoms with van der Waals surface area (Å²) < 4.78 is 0. The minimum atomic E-state index is -0.383. The van der Waals surface area contributed by atoms with Crippen LogP contribution in [0.3, 0.4) is 0 Å². The summed E-state index contributed by atoms with van der Waals surface area (Å²) in [6, 6.07) is 2.10. The Hall–Kier alpha value is -2.41. The van der Waals surface area contributed by atoms with Crippen LogP contribution in [0.15, 0.2) is 11.6 Å². The molecule has 1 aliphatic heterocycles. The van der Waals surface area contributed by atoms with Crippen molar-refractivity contribution in [3.05, 3.63) is 27.7 Å². The Morgan fingerprint density at radius 2 is 2.16 bits per heavy atom. The molecule has 9 heteroatoms. The number of hydrogen-bond donors (Lipinski definition) is 2. The number of nitriles is 1. The van der Waals surface area contributed by atoms with Crippen LogP contribution in [0.4, 0.5) is 9.80 Å². The van der Waals surface area contributed by atoms with E-state index in [4.69, 9.17) is 5.73 Å². The number of imide groups is 1. The van der Waals surface area contributed by atoms with E-state index in [0.29, 0.717) is 36.6 Å². The molecule has 0 radical (unpaired) electrons. The molecule has 0 aromatic carbocycles. The molecule has 3 N–H and O–H groups in total. The highest BCUT2D eigenvalue weighted by atomic mass is 32.1. The molecule has 0 saturated carbocycles. The van der Waals surface area contributed by atoms with Crippen molar-refractivity contribution in [1.82, 2.24) is 20.0 Å². The zero-order valence-corrected chi connectivity index (χ0v) is 19.6. The van der Waals surface area contributed by atoms with Gasteiger partial charge < -0.3 is 16.0 Å². The number of nitrogen functional groups attached to an aromatic ring is 1. The molecular formula is C22H32N6O2S. The van der Waals surface area contributed by atoms with Crippen LogP contribution in [0.5, 0.6) is 0 Å². The summed E-state index contributed by atoms with van der Waals surface area (Å²) in [5, 5.41) is 12.9. The highest BCUT2D eigenvalue weighted by Gasteiger charge is 2.38. The average Bonchev–Trinajstić information content (AvgIpc) is 3.03. The summed E-state index contributed by atoms with van der Waals surface area (Å²) in [5.41, 5.74) is 8.75. The Bertz CT molecular complexity index is 916. The topological polar surface area (TPSA) is 106 Å². The third-order valence-corrected chi connectivity index (χ3v) is 7.14. The molecular weight excluding hydrogens is 412 g/mol. The number of anilines is 1. The van der Waals surface area contributed by atoms with Crippen molar-refractivity contribution in [3.63, 3.8) is 0 Å². The van der Waals surface area contributed by atoms with E-state index in [0.717, 1.165) is 30.5 Å².